The van der Waals surface area contributed by atoms with Crippen molar-refractivity contribution in [1.82, 2.24) is 0 Å². The monoisotopic (exact) mass is 246 g/mol. The van der Waals surface area contributed by atoms with Gasteiger partial charge in [-0.2, -0.15) is 13.2 Å². The van der Waals surface area contributed by atoms with Gasteiger partial charge in [0.1, 0.15) is 0 Å². The van der Waals surface area contributed by atoms with Gasteiger partial charge in [0.15, 0.2) is 6.10 Å². The maximum atomic E-state index is 12.0. The summed E-state index contributed by atoms with van der Waals surface area (Å²) in [5.74, 6) is 0.239. The van der Waals surface area contributed by atoms with E-state index in [1.165, 1.54) is 0 Å². The molecule has 0 spiro atoms. The summed E-state index contributed by atoms with van der Waals surface area (Å²) in [5.41, 5.74) is 0. The predicted octanol–water partition coefficient (Wildman–Crippen LogP) is 2.74. The Bertz CT molecular complexity index is 140. The van der Waals surface area contributed by atoms with Gasteiger partial charge in [0.25, 0.3) is 0 Å². The summed E-state index contributed by atoms with van der Waals surface area (Å²) in [6.45, 7) is 0.218. The fourth-order valence-corrected chi connectivity index (χ4v) is 1.70. The van der Waals surface area contributed by atoms with E-state index in [4.69, 9.17) is 4.74 Å². The molecule has 0 unspecified atom stereocenters. The molecule has 0 bridgehead atoms. The van der Waals surface area contributed by atoms with Crippen LogP contribution < -0.4 is 0 Å². The standard InChI is InChI=1S/C7H10BrF3O/c8-3-5-1-2-6(12-4-5)7(9,10)11/h5-6H,1-4H2/t5-,6-/m1/s1. The van der Waals surface area contributed by atoms with Crippen LogP contribution in [0.4, 0.5) is 13.2 Å². The SMILES string of the molecule is FC(F)(F)[C@H]1CC[C@H](CBr)CO1. The molecule has 12 heavy (non-hydrogen) atoms. The molecule has 1 heterocycles. The summed E-state index contributed by atoms with van der Waals surface area (Å²) in [6, 6.07) is 0. The summed E-state index contributed by atoms with van der Waals surface area (Å²) in [7, 11) is 0. The summed E-state index contributed by atoms with van der Waals surface area (Å²) in [4.78, 5) is 0. The second-order valence-corrected chi connectivity index (χ2v) is 3.61. The molecule has 0 saturated carbocycles. The minimum absolute atomic E-state index is 0.0970. The van der Waals surface area contributed by atoms with Crippen molar-refractivity contribution in [2.45, 2.75) is 25.1 Å². The highest BCUT2D eigenvalue weighted by molar-refractivity contribution is 9.09. The van der Waals surface area contributed by atoms with E-state index in [0.29, 0.717) is 6.42 Å². The zero-order valence-corrected chi connectivity index (χ0v) is 7.99. The highest BCUT2D eigenvalue weighted by atomic mass is 79.9. The van der Waals surface area contributed by atoms with Crippen LogP contribution in [0.25, 0.3) is 0 Å². The van der Waals surface area contributed by atoms with Gasteiger partial charge in [-0.05, 0) is 18.8 Å². The molecule has 0 aromatic rings. The van der Waals surface area contributed by atoms with Crippen molar-refractivity contribution in [3.8, 4) is 0 Å². The second kappa shape index (κ2) is 3.96. The van der Waals surface area contributed by atoms with Crippen molar-refractivity contribution in [2.24, 2.45) is 5.92 Å². The van der Waals surface area contributed by atoms with Crippen LogP contribution in [-0.2, 0) is 4.74 Å². The van der Waals surface area contributed by atoms with E-state index in [-0.39, 0.29) is 18.9 Å². The molecular weight excluding hydrogens is 237 g/mol. The molecule has 0 amide bonds. The third-order valence-corrected chi connectivity index (χ3v) is 2.87. The van der Waals surface area contributed by atoms with Crippen molar-refractivity contribution in [1.29, 1.82) is 0 Å². The quantitative estimate of drug-likeness (QED) is 0.647. The van der Waals surface area contributed by atoms with Crippen LogP contribution in [-0.4, -0.2) is 24.2 Å². The fraction of sp³-hybridized carbons (Fsp3) is 1.00. The molecule has 0 N–H and O–H groups in total. The third-order valence-electron chi connectivity index (χ3n) is 1.95. The molecular formula is C7H10BrF3O. The average molecular weight is 247 g/mol. The smallest absolute Gasteiger partial charge is 0.368 e. The lowest BCUT2D eigenvalue weighted by atomic mass is 10.0. The van der Waals surface area contributed by atoms with Gasteiger partial charge in [0.05, 0.1) is 6.61 Å². The minimum Gasteiger partial charge on any atom is -0.368 e. The molecule has 0 radical (unpaired) electrons. The number of hydrogen-bond donors (Lipinski definition) is 0. The number of alkyl halides is 4. The van der Waals surface area contributed by atoms with Gasteiger partial charge in [-0.3, -0.25) is 0 Å². The molecule has 5 heteroatoms. The normalized spacial score (nSPS) is 32.0. The van der Waals surface area contributed by atoms with Gasteiger partial charge in [0, 0.05) is 5.33 Å². The van der Waals surface area contributed by atoms with E-state index < -0.39 is 12.3 Å². The van der Waals surface area contributed by atoms with Gasteiger partial charge in [-0.15, -0.1) is 0 Å². The van der Waals surface area contributed by atoms with Crippen molar-refractivity contribution >= 4 is 15.9 Å². The topological polar surface area (TPSA) is 9.23 Å². The van der Waals surface area contributed by atoms with Crippen LogP contribution in [0, 0.1) is 5.92 Å². The first-order valence-corrected chi connectivity index (χ1v) is 4.90. The number of halogens is 4. The second-order valence-electron chi connectivity index (χ2n) is 2.96. The van der Waals surface area contributed by atoms with Gasteiger partial charge in [-0.25, -0.2) is 0 Å². The van der Waals surface area contributed by atoms with Gasteiger partial charge in [-0.1, -0.05) is 15.9 Å². The lowest BCUT2D eigenvalue weighted by Gasteiger charge is -2.29. The minimum atomic E-state index is -4.18. The van der Waals surface area contributed by atoms with E-state index in [1.54, 1.807) is 0 Å². The third kappa shape index (κ3) is 2.62. The van der Waals surface area contributed by atoms with Crippen molar-refractivity contribution in [2.75, 3.05) is 11.9 Å². The molecule has 1 fully saturated rings. The van der Waals surface area contributed by atoms with Gasteiger partial charge >= 0.3 is 6.18 Å². The first kappa shape index (κ1) is 10.3. The lowest BCUT2D eigenvalue weighted by molar-refractivity contribution is -0.234. The Morgan fingerprint density at radius 2 is 2.00 bits per heavy atom. The number of ether oxygens (including phenoxy) is 1. The number of rotatable bonds is 1. The van der Waals surface area contributed by atoms with Crippen LogP contribution in [0.15, 0.2) is 0 Å². The predicted molar refractivity (Wildman–Crippen MR) is 42.3 cm³/mol. The van der Waals surface area contributed by atoms with E-state index in [2.05, 4.69) is 15.9 Å². The van der Waals surface area contributed by atoms with Crippen molar-refractivity contribution in [3.05, 3.63) is 0 Å². The fourth-order valence-electron chi connectivity index (χ4n) is 1.19. The molecule has 0 aromatic heterocycles. The largest absolute Gasteiger partial charge is 0.414 e. The Morgan fingerprint density at radius 1 is 1.33 bits per heavy atom. The molecule has 72 valence electrons. The Morgan fingerprint density at radius 3 is 2.33 bits per heavy atom. The van der Waals surface area contributed by atoms with Gasteiger partial charge in [0.2, 0.25) is 0 Å². The zero-order chi connectivity index (χ0) is 9.19. The Labute approximate surface area is 77.4 Å². The maximum Gasteiger partial charge on any atom is 0.414 e. The first-order valence-electron chi connectivity index (χ1n) is 3.78. The van der Waals surface area contributed by atoms with Crippen LogP contribution in [0.5, 0.6) is 0 Å². The van der Waals surface area contributed by atoms with E-state index >= 15 is 0 Å². The molecule has 1 rings (SSSR count). The molecule has 0 aromatic carbocycles. The molecule has 1 aliphatic rings. The van der Waals surface area contributed by atoms with Crippen molar-refractivity contribution < 1.29 is 17.9 Å². The zero-order valence-electron chi connectivity index (χ0n) is 6.40. The summed E-state index contributed by atoms with van der Waals surface area (Å²) >= 11 is 3.22. The average Bonchev–Trinajstić information content (AvgIpc) is 2.03. The van der Waals surface area contributed by atoms with Crippen LogP contribution in [0.1, 0.15) is 12.8 Å². The Hall–Kier alpha value is 0.230. The lowest BCUT2D eigenvalue weighted by Crippen LogP contribution is -2.37. The summed E-state index contributed by atoms with van der Waals surface area (Å²) in [5, 5.41) is 0.720. The van der Waals surface area contributed by atoms with Crippen molar-refractivity contribution in [3.63, 3.8) is 0 Å². The van der Waals surface area contributed by atoms with Crippen LogP contribution >= 0.6 is 15.9 Å². The molecule has 1 aliphatic heterocycles. The van der Waals surface area contributed by atoms with Crippen LogP contribution in [0.3, 0.4) is 0 Å². The van der Waals surface area contributed by atoms with E-state index in [0.717, 1.165) is 5.33 Å². The van der Waals surface area contributed by atoms with Crippen LogP contribution in [0.2, 0.25) is 0 Å². The molecule has 1 nitrogen and oxygen atoms in total. The highest BCUT2D eigenvalue weighted by Crippen LogP contribution is 2.31. The summed E-state index contributed by atoms with van der Waals surface area (Å²) in [6.07, 6.45) is -5.03. The maximum absolute atomic E-state index is 12.0. The Balaban J connectivity index is 2.36. The highest BCUT2D eigenvalue weighted by Gasteiger charge is 2.42. The van der Waals surface area contributed by atoms with E-state index in [9.17, 15) is 13.2 Å². The molecule has 1 saturated heterocycles. The van der Waals surface area contributed by atoms with Gasteiger partial charge < -0.3 is 4.74 Å². The first-order chi connectivity index (χ1) is 5.54. The molecule has 2 atom stereocenters. The molecule has 0 aliphatic carbocycles. The van der Waals surface area contributed by atoms with E-state index in [1.807, 2.05) is 0 Å². The number of hydrogen-bond acceptors (Lipinski definition) is 1. The summed E-state index contributed by atoms with van der Waals surface area (Å²) < 4.78 is 40.8. The Kier molecular flexibility index (Phi) is 3.40.